The fraction of sp³-hybridized carbons (Fsp3) is 0.545. The van der Waals surface area contributed by atoms with Crippen LogP contribution in [-0.4, -0.2) is 21.5 Å². The van der Waals surface area contributed by atoms with E-state index in [9.17, 15) is 4.79 Å². The van der Waals surface area contributed by atoms with Gasteiger partial charge in [-0.25, -0.2) is 4.98 Å². The summed E-state index contributed by atoms with van der Waals surface area (Å²) < 4.78 is 1.56. The first-order valence-corrected chi connectivity index (χ1v) is 5.50. The van der Waals surface area contributed by atoms with Gasteiger partial charge in [-0.3, -0.25) is 4.79 Å². The highest BCUT2D eigenvalue weighted by Crippen LogP contribution is 2.17. The standard InChI is InChI=1S/C11H14N4O/c12-7-10-13-5-6-15(10)8-11(16)14-9-3-1-2-4-9/h5-6,9H,1-4,8H2,(H,14,16). The van der Waals surface area contributed by atoms with Gasteiger partial charge in [-0.1, -0.05) is 12.8 Å². The molecule has 84 valence electrons. The lowest BCUT2D eigenvalue weighted by atomic mass is 10.2. The molecule has 1 fully saturated rings. The van der Waals surface area contributed by atoms with Gasteiger partial charge in [0.15, 0.2) is 0 Å². The van der Waals surface area contributed by atoms with Gasteiger partial charge < -0.3 is 9.88 Å². The van der Waals surface area contributed by atoms with Crippen LogP contribution in [0, 0.1) is 11.3 Å². The van der Waals surface area contributed by atoms with Gasteiger partial charge in [0.2, 0.25) is 11.7 Å². The molecule has 0 atom stereocenters. The van der Waals surface area contributed by atoms with Crippen LogP contribution in [0.15, 0.2) is 12.4 Å². The maximum atomic E-state index is 11.7. The van der Waals surface area contributed by atoms with E-state index in [1.54, 1.807) is 10.8 Å². The fourth-order valence-corrected chi connectivity index (χ4v) is 2.05. The highest BCUT2D eigenvalue weighted by molar-refractivity contribution is 5.76. The number of nitriles is 1. The molecule has 5 nitrogen and oxygen atoms in total. The lowest BCUT2D eigenvalue weighted by Gasteiger charge is -2.12. The third-order valence-corrected chi connectivity index (χ3v) is 2.85. The third kappa shape index (κ3) is 2.40. The van der Waals surface area contributed by atoms with Crippen molar-refractivity contribution >= 4 is 5.91 Å². The number of carbonyl (C=O) groups excluding carboxylic acids is 1. The molecule has 1 amide bonds. The Morgan fingerprint density at radius 2 is 2.38 bits per heavy atom. The van der Waals surface area contributed by atoms with Crippen molar-refractivity contribution in [2.24, 2.45) is 0 Å². The van der Waals surface area contributed by atoms with Crippen LogP contribution >= 0.6 is 0 Å². The summed E-state index contributed by atoms with van der Waals surface area (Å²) in [7, 11) is 0. The minimum atomic E-state index is -0.0404. The number of carbonyl (C=O) groups is 1. The average molecular weight is 218 g/mol. The van der Waals surface area contributed by atoms with Crippen LogP contribution in [0.3, 0.4) is 0 Å². The summed E-state index contributed by atoms with van der Waals surface area (Å²) in [6.07, 6.45) is 7.70. The molecular weight excluding hydrogens is 204 g/mol. The SMILES string of the molecule is N#Cc1nccn1CC(=O)NC1CCCC1. The van der Waals surface area contributed by atoms with E-state index in [1.165, 1.54) is 19.0 Å². The van der Waals surface area contributed by atoms with Crippen LogP contribution in [-0.2, 0) is 11.3 Å². The third-order valence-electron chi connectivity index (χ3n) is 2.85. The summed E-state index contributed by atoms with van der Waals surface area (Å²) in [5.41, 5.74) is 0. The van der Waals surface area contributed by atoms with Gasteiger partial charge in [-0.2, -0.15) is 5.26 Å². The quantitative estimate of drug-likeness (QED) is 0.816. The van der Waals surface area contributed by atoms with Crippen molar-refractivity contribution in [3.63, 3.8) is 0 Å². The number of hydrogen-bond donors (Lipinski definition) is 1. The Morgan fingerprint density at radius 3 is 3.06 bits per heavy atom. The highest BCUT2D eigenvalue weighted by atomic mass is 16.2. The Morgan fingerprint density at radius 1 is 1.62 bits per heavy atom. The minimum absolute atomic E-state index is 0.0404. The van der Waals surface area contributed by atoms with Gasteiger partial charge in [0.05, 0.1) is 0 Å². The molecule has 0 aliphatic heterocycles. The van der Waals surface area contributed by atoms with Crippen molar-refractivity contribution in [2.75, 3.05) is 0 Å². The molecule has 1 aliphatic carbocycles. The summed E-state index contributed by atoms with van der Waals surface area (Å²) >= 11 is 0. The molecule has 0 aromatic carbocycles. The number of nitrogens with one attached hydrogen (secondary N) is 1. The lowest BCUT2D eigenvalue weighted by Crippen LogP contribution is -2.35. The van der Waals surface area contributed by atoms with Crippen molar-refractivity contribution in [1.29, 1.82) is 5.26 Å². The van der Waals surface area contributed by atoms with Crippen LogP contribution < -0.4 is 5.32 Å². The maximum Gasteiger partial charge on any atom is 0.240 e. The molecule has 1 aromatic rings. The molecule has 1 aromatic heterocycles. The Labute approximate surface area is 94.1 Å². The van der Waals surface area contributed by atoms with E-state index in [1.807, 2.05) is 6.07 Å². The zero-order chi connectivity index (χ0) is 11.4. The van der Waals surface area contributed by atoms with E-state index in [0.717, 1.165) is 12.8 Å². The molecule has 0 saturated heterocycles. The van der Waals surface area contributed by atoms with Crippen LogP contribution in [0.5, 0.6) is 0 Å². The Bertz CT molecular complexity index is 412. The normalized spacial score (nSPS) is 15.9. The van der Waals surface area contributed by atoms with E-state index in [2.05, 4.69) is 10.3 Å². The van der Waals surface area contributed by atoms with Crippen molar-refractivity contribution in [3.8, 4) is 6.07 Å². The summed E-state index contributed by atoms with van der Waals surface area (Å²) in [4.78, 5) is 15.5. The van der Waals surface area contributed by atoms with Gasteiger partial charge in [0.1, 0.15) is 12.6 Å². The van der Waals surface area contributed by atoms with Crippen molar-refractivity contribution in [1.82, 2.24) is 14.9 Å². The van der Waals surface area contributed by atoms with Crippen molar-refractivity contribution < 1.29 is 4.79 Å². The first-order chi connectivity index (χ1) is 7.79. The number of nitrogens with zero attached hydrogens (tertiary/aromatic N) is 3. The summed E-state index contributed by atoms with van der Waals surface area (Å²) in [5.74, 6) is 0.239. The molecule has 16 heavy (non-hydrogen) atoms. The van der Waals surface area contributed by atoms with Gasteiger partial charge >= 0.3 is 0 Å². The number of hydrogen-bond acceptors (Lipinski definition) is 3. The fourth-order valence-electron chi connectivity index (χ4n) is 2.05. The first kappa shape index (κ1) is 10.7. The van der Waals surface area contributed by atoms with Crippen LogP contribution in [0.1, 0.15) is 31.5 Å². The second-order valence-corrected chi connectivity index (χ2v) is 4.04. The predicted octanol–water partition coefficient (Wildman–Crippen LogP) is 0.814. The zero-order valence-corrected chi connectivity index (χ0v) is 9.02. The first-order valence-electron chi connectivity index (χ1n) is 5.50. The Balaban J connectivity index is 1.89. The van der Waals surface area contributed by atoms with E-state index >= 15 is 0 Å². The lowest BCUT2D eigenvalue weighted by molar-refractivity contribution is -0.122. The molecule has 1 aliphatic rings. The van der Waals surface area contributed by atoms with Gasteiger partial charge in [-0.05, 0) is 12.8 Å². The van der Waals surface area contributed by atoms with Gasteiger partial charge in [-0.15, -0.1) is 0 Å². The molecule has 0 radical (unpaired) electrons. The molecule has 1 N–H and O–H groups in total. The van der Waals surface area contributed by atoms with Gasteiger partial charge in [0.25, 0.3) is 0 Å². The second kappa shape index (κ2) is 4.79. The molecule has 0 bridgehead atoms. The topological polar surface area (TPSA) is 70.7 Å². The Hall–Kier alpha value is -1.83. The summed E-state index contributed by atoms with van der Waals surface area (Å²) in [6.45, 7) is 0.180. The van der Waals surface area contributed by atoms with Crippen molar-refractivity contribution in [3.05, 3.63) is 18.2 Å². The number of imidazole rings is 1. The number of amides is 1. The van der Waals surface area contributed by atoms with E-state index in [-0.39, 0.29) is 18.3 Å². The van der Waals surface area contributed by atoms with E-state index in [4.69, 9.17) is 5.26 Å². The van der Waals surface area contributed by atoms with E-state index < -0.39 is 0 Å². The smallest absolute Gasteiger partial charge is 0.240 e. The second-order valence-electron chi connectivity index (χ2n) is 4.04. The van der Waals surface area contributed by atoms with Crippen molar-refractivity contribution in [2.45, 2.75) is 38.3 Å². The Kier molecular flexibility index (Phi) is 3.20. The molecule has 1 heterocycles. The maximum absolute atomic E-state index is 11.7. The average Bonchev–Trinajstić information content (AvgIpc) is 2.88. The van der Waals surface area contributed by atoms with Crippen LogP contribution in [0.2, 0.25) is 0 Å². The van der Waals surface area contributed by atoms with Crippen LogP contribution in [0.25, 0.3) is 0 Å². The largest absolute Gasteiger partial charge is 0.352 e. The summed E-state index contributed by atoms with van der Waals surface area (Å²) in [6, 6.07) is 2.27. The number of aromatic nitrogens is 2. The molecule has 1 saturated carbocycles. The molecule has 5 heteroatoms. The minimum Gasteiger partial charge on any atom is -0.352 e. The molecule has 0 unspecified atom stereocenters. The highest BCUT2D eigenvalue weighted by Gasteiger charge is 2.17. The molecular formula is C11H14N4O. The molecule has 2 rings (SSSR count). The van der Waals surface area contributed by atoms with Crippen LogP contribution in [0.4, 0.5) is 0 Å². The number of rotatable bonds is 3. The monoisotopic (exact) mass is 218 g/mol. The summed E-state index contributed by atoms with van der Waals surface area (Å²) in [5, 5.41) is 11.7. The molecule has 0 spiro atoms. The predicted molar refractivity (Wildman–Crippen MR) is 57.3 cm³/mol. The zero-order valence-electron chi connectivity index (χ0n) is 9.02. The van der Waals surface area contributed by atoms with E-state index in [0.29, 0.717) is 6.04 Å². The van der Waals surface area contributed by atoms with Gasteiger partial charge in [0, 0.05) is 18.4 Å².